The molecule has 2 saturated heterocycles. The molecule has 1 aromatic heterocycles. The molecule has 2 aliphatic rings. The molecule has 1 N–H and O–H groups in total. The maximum absolute atomic E-state index is 12.7. The van der Waals surface area contributed by atoms with Crippen molar-refractivity contribution in [3.05, 3.63) is 22.6 Å². The number of likely N-dealkylation sites (tertiary alicyclic amines) is 2. The van der Waals surface area contributed by atoms with Gasteiger partial charge in [-0.2, -0.15) is 0 Å². The van der Waals surface area contributed by atoms with Gasteiger partial charge < -0.3 is 19.5 Å². The van der Waals surface area contributed by atoms with Crippen LogP contribution in [0.2, 0.25) is 0 Å². The van der Waals surface area contributed by atoms with Crippen molar-refractivity contribution < 1.29 is 18.8 Å². The van der Waals surface area contributed by atoms with Crippen LogP contribution in [0.25, 0.3) is 0 Å². The van der Waals surface area contributed by atoms with E-state index in [4.69, 9.17) is 4.42 Å². The molecule has 2 aliphatic heterocycles. The smallest absolute Gasteiger partial charge is 0.287 e. The first-order valence-corrected chi connectivity index (χ1v) is 10.3. The minimum atomic E-state index is -0.418. The molecule has 3 heterocycles. The molecular weight excluding hydrogens is 414 g/mol. The van der Waals surface area contributed by atoms with Crippen LogP contribution in [0.15, 0.2) is 21.2 Å². The minimum absolute atomic E-state index is 0.0116. The van der Waals surface area contributed by atoms with E-state index in [0.717, 1.165) is 25.9 Å². The van der Waals surface area contributed by atoms with Gasteiger partial charge in [0, 0.05) is 32.1 Å². The topological polar surface area (TPSA) is 82.9 Å². The van der Waals surface area contributed by atoms with Gasteiger partial charge in [0.1, 0.15) is 0 Å². The third-order valence-electron chi connectivity index (χ3n) is 5.49. The van der Waals surface area contributed by atoms with Crippen molar-refractivity contribution in [2.75, 3.05) is 32.7 Å². The highest BCUT2D eigenvalue weighted by Crippen LogP contribution is 2.23. The van der Waals surface area contributed by atoms with Gasteiger partial charge >= 0.3 is 0 Å². The molecule has 0 radical (unpaired) electrons. The predicted molar refractivity (Wildman–Crippen MR) is 103 cm³/mol. The van der Waals surface area contributed by atoms with Crippen LogP contribution in [0.1, 0.15) is 43.2 Å². The van der Waals surface area contributed by atoms with Gasteiger partial charge in [-0.05, 0) is 59.7 Å². The van der Waals surface area contributed by atoms with Gasteiger partial charge in [-0.15, -0.1) is 0 Å². The summed E-state index contributed by atoms with van der Waals surface area (Å²) in [5.74, 6) is 0.564. The number of carbonyl (C=O) groups excluding carboxylic acids is 3. The number of hydrogen-bond donors (Lipinski definition) is 1. The Labute approximate surface area is 167 Å². The summed E-state index contributed by atoms with van der Waals surface area (Å²) in [5, 5.41) is 2.58. The summed E-state index contributed by atoms with van der Waals surface area (Å²) in [6, 6.07) is 3.17. The number of amides is 3. The molecule has 3 rings (SSSR count). The molecule has 0 bridgehead atoms. The van der Waals surface area contributed by atoms with Crippen molar-refractivity contribution in [1.29, 1.82) is 0 Å². The molecule has 148 valence electrons. The van der Waals surface area contributed by atoms with E-state index in [0.29, 0.717) is 36.5 Å². The highest BCUT2D eigenvalue weighted by atomic mass is 79.9. The molecule has 0 saturated carbocycles. The van der Waals surface area contributed by atoms with Crippen LogP contribution in [0, 0.1) is 11.8 Å². The van der Waals surface area contributed by atoms with Gasteiger partial charge in [-0.25, -0.2) is 0 Å². The molecule has 2 fully saturated rings. The van der Waals surface area contributed by atoms with Crippen LogP contribution in [-0.4, -0.2) is 60.2 Å². The van der Waals surface area contributed by atoms with E-state index in [-0.39, 0.29) is 30.0 Å². The Morgan fingerprint density at radius 2 is 1.70 bits per heavy atom. The lowest BCUT2D eigenvalue weighted by atomic mass is 9.92. The van der Waals surface area contributed by atoms with Crippen LogP contribution in [0.3, 0.4) is 0 Å². The van der Waals surface area contributed by atoms with E-state index in [1.807, 2.05) is 4.90 Å². The Hall–Kier alpha value is -1.83. The first-order chi connectivity index (χ1) is 12.9. The molecule has 0 spiro atoms. The van der Waals surface area contributed by atoms with E-state index in [1.165, 1.54) is 0 Å². The molecule has 8 heteroatoms. The standard InChI is InChI=1S/C19H26BrN3O4/c1-13-4-8-23(9-5-13)19(26)14-6-10-22(11-7-14)17(24)12-21-18(25)15-2-3-16(20)27-15/h2-3,13-14H,4-12H2,1H3,(H,21,25). The summed E-state index contributed by atoms with van der Waals surface area (Å²) in [4.78, 5) is 40.6. The number of carbonyl (C=O) groups is 3. The van der Waals surface area contributed by atoms with Crippen molar-refractivity contribution >= 4 is 33.7 Å². The highest BCUT2D eigenvalue weighted by molar-refractivity contribution is 9.10. The average Bonchev–Trinajstić information content (AvgIpc) is 3.12. The van der Waals surface area contributed by atoms with Crippen LogP contribution >= 0.6 is 15.9 Å². The first-order valence-electron chi connectivity index (χ1n) is 9.54. The van der Waals surface area contributed by atoms with E-state index in [1.54, 1.807) is 17.0 Å². The number of rotatable bonds is 4. The normalized spacial score (nSPS) is 19.2. The van der Waals surface area contributed by atoms with Crippen molar-refractivity contribution in [2.24, 2.45) is 11.8 Å². The lowest BCUT2D eigenvalue weighted by molar-refractivity contribution is -0.141. The van der Waals surface area contributed by atoms with Crippen molar-refractivity contribution in [2.45, 2.75) is 32.6 Å². The highest BCUT2D eigenvalue weighted by Gasteiger charge is 2.31. The number of nitrogens with one attached hydrogen (secondary N) is 1. The van der Waals surface area contributed by atoms with E-state index in [9.17, 15) is 14.4 Å². The largest absolute Gasteiger partial charge is 0.444 e. The Morgan fingerprint density at radius 1 is 1.07 bits per heavy atom. The number of piperidine rings is 2. The monoisotopic (exact) mass is 439 g/mol. The lowest BCUT2D eigenvalue weighted by Gasteiger charge is -2.36. The molecule has 0 atom stereocenters. The van der Waals surface area contributed by atoms with E-state index in [2.05, 4.69) is 28.2 Å². The molecule has 0 unspecified atom stereocenters. The maximum Gasteiger partial charge on any atom is 0.287 e. The fourth-order valence-electron chi connectivity index (χ4n) is 3.65. The zero-order chi connectivity index (χ0) is 19.4. The van der Waals surface area contributed by atoms with Gasteiger partial charge in [0.05, 0.1) is 6.54 Å². The summed E-state index contributed by atoms with van der Waals surface area (Å²) < 4.78 is 5.63. The Balaban J connectivity index is 1.41. The molecule has 7 nitrogen and oxygen atoms in total. The third-order valence-corrected chi connectivity index (χ3v) is 5.92. The van der Waals surface area contributed by atoms with Crippen molar-refractivity contribution in [3.63, 3.8) is 0 Å². The quantitative estimate of drug-likeness (QED) is 0.779. The second-order valence-electron chi connectivity index (χ2n) is 7.45. The summed E-state index contributed by atoms with van der Waals surface area (Å²) in [7, 11) is 0. The third kappa shape index (κ3) is 5.12. The van der Waals surface area contributed by atoms with Gasteiger partial charge in [-0.1, -0.05) is 6.92 Å². The first kappa shape index (κ1) is 19.9. The Bertz CT molecular complexity index is 689. The molecule has 3 amide bonds. The Morgan fingerprint density at radius 3 is 2.30 bits per heavy atom. The SMILES string of the molecule is CC1CCN(C(=O)C2CCN(C(=O)CNC(=O)c3ccc(Br)o3)CC2)CC1. The summed E-state index contributed by atoms with van der Waals surface area (Å²) in [6.45, 7) is 4.99. The summed E-state index contributed by atoms with van der Waals surface area (Å²) in [6.07, 6.45) is 3.54. The second kappa shape index (κ2) is 8.91. The lowest BCUT2D eigenvalue weighted by Crippen LogP contribution is -2.48. The molecule has 27 heavy (non-hydrogen) atoms. The van der Waals surface area contributed by atoms with Crippen LogP contribution in [0.4, 0.5) is 0 Å². The number of halogens is 1. The van der Waals surface area contributed by atoms with E-state index >= 15 is 0 Å². The van der Waals surface area contributed by atoms with Gasteiger partial charge in [0.25, 0.3) is 5.91 Å². The number of furan rings is 1. The van der Waals surface area contributed by atoms with Gasteiger partial charge in [-0.3, -0.25) is 14.4 Å². The van der Waals surface area contributed by atoms with Crippen molar-refractivity contribution in [1.82, 2.24) is 15.1 Å². The molecular formula is C19H26BrN3O4. The fourth-order valence-corrected chi connectivity index (χ4v) is 3.96. The second-order valence-corrected chi connectivity index (χ2v) is 8.23. The summed E-state index contributed by atoms with van der Waals surface area (Å²) in [5.41, 5.74) is 0. The minimum Gasteiger partial charge on any atom is -0.444 e. The van der Waals surface area contributed by atoms with Gasteiger partial charge in [0.15, 0.2) is 10.4 Å². The number of nitrogens with zero attached hydrogens (tertiary/aromatic N) is 2. The zero-order valence-corrected chi connectivity index (χ0v) is 17.2. The fraction of sp³-hybridized carbons (Fsp3) is 0.632. The summed E-state index contributed by atoms with van der Waals surface area (Å²) >= 11 is 3.14. The van der Waals surface area contributed by atoms with Crippen LogP contribution < -0.4 is 5.32 Å². The van der Waals surface area contributed by atoms with Gasteiger partial charge in [0.2, 0.25) is 11.8 Å². The number of hydrogen-bond acceptors (Lipinski definition) is 4. The van der Waals surface area contributed by atoms with Crippen LogP contribution in [0.5, 0.6) is 0 Å². The predicted octanol–water partition coefficient (Wildman–Crippen LogP) is 2.27. The molecule has 1 aromatic rings. The molecule has 0 aliphatic carbocycles. The maximum atomic E-state index is 12.7. The van der Waals surface area contributed by atoms with E-state index < -0.39 is 5.91 Å². The average molecular weight is 440 g/mol. The Kier molecular flexibility index (Phi) is 6.57. The molecule has 0 aromatic carbocycles. The zero-order valence-electron chi connectivity index (χ0n) is 15.6. The van der Waals surface area contributed by atoms with Crippen LogP contribution in [-0.2, 0) is 9.59 Å². The van der Waals surface area contributed by atoms with Crippen molar-refractivity contribution in [3.8, 4) is 0 Å².